The van der Waals surface area contributed by atoms with Gasteiger partial charge in [-0.25, -0.2) is 0 Å². The van der Waals surface area contributed by atoms with Crippen LogP contribution in [0.25, 0.3) is 0 Å². The lowest BCUT2D eigenvalue weighted by Gasteiger charge is -2.34. The Morgan fingerprint density at radius 2 is 1.76 bits per heavy atom. The van der Waals surface area contributed by atoms with Crippen molar-refractivity contribution in [2.24, 2.45) is 0 Å². The smallest absolute Gasteiger partial charge is 0.0409 e. The molecule has 0 aromatic heterocycles. The van der Waals surface area contributed by atoms with Crippen LogP contribution in [0.15, 0.2) is 24.3 Å². The van der Waals surface area contributed by atoms with Crippen molar-refractivity contribution in [3.8, 4) is 0 Å². The van der Waals surface area contributed by atoms with E-state index in [1.54, 1.807) is 0 Å². The molecule has 0 unspecified atom stereocenters. The predicted molar refractivity (Wildman–Crippen MR) is 73.9 cm³/mol. The summed E-state index contributed by atoms with van der Waals surface area (Å²) in [6.07, 6.45) is 0. The molecule has 4 heteroatoms. The number of alkyl halides is 1. The van der Waals surface area contributed by atoms with Crippen molar-refractivity contribution in [1.82, 2.24) is 9.80 Å². The predicted octanol–water partition coefficient (Wildman–Crippen LogP) is 2.70. The van der Waals surface area contributed by atoms with Crippen molar-refractivity contribution in [2.45, 2.75) is 6.54 Å². The Kier molecular flexibility index (Phi) is 5.11. The minimum atomic E-state index is 0.730. The van der Waals surface area contributed by atoms with Crippen LogP contribution in [-0.4, -0.2) is 48.4 Å². The zero-order valence-electron chi connectivity index (χ0n) is 9.91. The van der Waals surface area contributed by atoms with Crippen LogP contribution in [-0.2, 0) is 6.54 Å². The fraction of sp³-hybridized carbons (Fsp3) is 0.538. The molecule has 1 aromatic rings. The van der Waals surface area contributed by atoms with E-state index in [2.05, 4.69) is 15.9 Å². The van der Waals surface area contributed by atoms with Gasteiger partial charge in [0, 0.05) is 50.2 Å². The highest BCUT2D eigenvalue weighted by Crippen LogP contribution is 2.13. The first-order chi connectivity index (χ1) is 8.28. The van der Waals surface area contributed by atoms with Crippen molar-refractivity contribution in [3.63, 3.8) is 0 Å². The second kappa shape index (κ2) is 6.60. The molecule has 1 heterocycles. The Balaban J connectivity index is 1.82. The van der Waals surface area contributed by atoms with E-state index in [0.29, 0.717) is 0 Å². The van der Waals surface area contributed by atoms with Gasteiger partial charge < -0.3 is 0 Å². The zero-order valence-corrected chi connectivity index (χ0v) is 11.4. The Morgan fingerprint density at radius 3 is 2.41 bits per heavy atom. The topological polar surface area (TPSA) is 6.48 Å². The van der Waals surface area contributed by atoms with Crippen molar-refractivity contribution in [1.29, 1.82) is 0 Å². The monoisotopic (exact) mass is 272 g/mol. The SMILES string of the molecule is ClCCN1CCN(Cc2cccc(Cl)c2)CC1. The summed E-state index contributed by atoms with van der Waals surface area (Å²) in [5, 5.41) is 0.822. The highest BCUT2D eigenvalue weighted by Gasteiger charge is 2.16. The molecule has 1 aliphatic heterocycles. The average molecular weight is 273 g/mol. The van der Waals surface area contributed by atoms with Gasteiger partial charge in [0.15, 0.2) is 0 Å². The Labute approximate surface area is 113 Å². The lowest BCUT2D eigenvalue weighted by Crippen LogP contribution is -2.46. The molecule has 2 nitrogen and oxygen atoms in total. The second-order valence-corrected chi connectivity index (χ2v) is 5.25. The van der Waals surface area contributed by atoms with Crippen LogP contribution in [0, 0.1) is 0 Å². The van der Waals surface area contributed by atoms with Crippen molar-refractivity contribution < 1.29 is 0 Å². The van der Waals surface area contributed by atoms with E-state index in [9.17, 15) is 0 Å². The number of halogens is 2. The van der Waals surface area contributed by atoms with Crippen molar-refractivity contribution in [3.05, 3.63) is 34.9 Å². The largest absolute Gasteiger partial charge is 0.300 e. The van der Waals surface area contributed by atoms with Crippen molar-refractivity contribution in [2.75, 3.05) is 38.6 Å². The van der Waals surface area contributed by atoms with E-state index >= 15 is 0 Å². The zero-order chi connectivity index (χ0) is 12.1. The molecular weight excluding hydrogens is 255 g/mol. The number of nitrogens with zero attached hydrogens (tertiary/aromatic N) is 2. The minimum Gasteiger partial charge on any atom is -0.300 e. The molecular formula is C13H18Cl2N2. The summed E-state index contributed by atoms with van der Waals surface area (Å²) in [6, 6.07) is 8.12. The first-order valence-corrected chi connectivity index (χ1v) is 6.94. The van der Waals surface area contributed by atoms with E-state index in [-0.39, 0.29) is 0 Å². The molecule has 0 radical (unpaired) electrons. The Morgan fingerprint density at radius 1 is 1.06 bits per heavy atom. The molecule has 1 fully saturated rings. The second-order valence-electron chi connectivity index (χ2n) is 4.44. The van der Waals surface area contributed by atoms with Crippen LogP contribution in [0.2, 0.25) is 5.02 Å². The minimum absolute atomic E-state index is 0.730. The molecule has 0 amide bonds. The third-order valence-corrected chi connectivity index (χ3v) is 3.56. The van der Waals surface area contributed by atoms with Gasteiger partial charge in [0.1, 0.15) is 0 Å². The van der Waals surface area contributed by atoms with Gasteiger partial charge in [-0.05, 0) is 17.7 Å². The maximum Gasteiger partial charge on any atom is 0.0409 e. The van der Waals surface area contributed by atoms with Crippen LogP contribution in [0.4, 0.5) is 0 Å². The van der Waals surface area contributed by atoms with E-state index < -0.39 is 0 Å². The fourth-order valence-electron chi connectivity index (χ4n) is 2.18. The standard InChI is InChI=1S/C13H18Cl2N2/c14-4-5-16-6-8-17(9-7-16)11-12-2-1-3-13(15)10-12/h1-3,10H,4-9,11H2. The number of hydrogen-bond acceptors (Lipinski definition) is 2. The summed E-state index contributed by atoms with van der Waals surface area (Å²) in [5.41, 5.74) is 1.29. The van der Waals surface area contributed by atoms with Crippen LogP contribution in [0.3, 0.4) is 0 Å². The molecule has 1 aromatic carbocycles. The molecule has 0 spiro atoms. The summed E-state index contributed by atoms with van der Waals surface area (Å²) in [4.78, 5) is 4.89. The number of piperazine rings is 1. The van der Waals surface area contributed by atoms with E-state index in [1.807, 2.05) is 18.2 Å². The summed E-state index contributed by atoms with van der Waals surface area (Å²) >= 11 is 11.7. The number of hydrogen-bond donors (Lipinski definition) is 0. The molecule has 0 saturated carbocycles. The fourth-order valence-corrected chi connectivity index (χ4v) is 2.64. The lowest BCUT2D eigenvalue weighted by atomic mass is 10.2. The molecule has 94 valence electrons. The Bertz CT molecular complexity index is 349. The highest BCUT2D eigenvalue weighted by atomic mass is 35.5. The van der Waals surface area contributed by atoms with Gasteiger partial charge in [0.25, 0.3) is 0 Å². The van der Waals surface area contributed by atoms with E-state index in [4.69, 9.17) is 23.2 Å². The first kappa shape index (κ1) is 13.2. The third kappa shape index (κ3) is 4.14. The van der Waals surface area contributed by atoms with E-state index in [1.165, 1.54) is 5.56 Å². The molecule has 0 aliphatic carbocycles. The quantitative estimate of drug-likeness (QED) is 0.778. The summed E-state index contributed by atoms with van der Waals surface area (Å²) in [6.45, 7) is 6.47. The maximum atomic E-state index is 5.99. The van der Waals surface area contributed by atoms with Gasteiger partial charge in [-0.3, -0.25) is 9.80 Å². The first-order valence-electron chi connectivity index (χ1n) is 6.03. The third-order valence-electron chi connectivity index (χ3n) is 3.16. The van der Waals surface area contributed by atoms with Gasteiger partial charge in [0.05, 0.1) is 0 Å². The molecule has 1 aliphatic rings. The van der Waals surface area contributed by atoms with Crippen molar-refractivity contribution >= 4 is 23.2 Å². The molecule has 0 bridgehead atoms. The molecule has 1 saturated heterocycles. The van der Waals surface area contributed by atoms with Gasteiger partial charge >= 0.3 is 0 Å². The van der Waals surface area contributed by atoms with Crippen LogP contribution < -0.4 is 0 Å². The number of benzene rings is 1. The molecule has 2 rings (SSSR count). The lowest BCUT2D eigenvalue weighted by molar-refractivity contribution is 0.132. The van der Waals surface area contributed by atoms with Gasteiger partial charge in [-0.15, -0.1) is 11.6 Å². The summed E-state index contributed by atoms with van der Waals surface area (Å²) < 4.78 is 0. The van der Waals surface area contributed by atoms with Crippen LogP contribution >= 0.6 is 23.2 Å². The van der Waals surface area contributed by atoms with Crippen LogP contribution in [0.1, 0.15) is 5.56 Å². The van der Waals surface area contributed by atoms with Gasteiger partial charge in [-0.2, -0.15) is 0 Å². The summed E-state index contributed by atoms with van der Waals surface area (Å²) in [5.74, 6) is 0.730. The van der Waals surface area contributed by atoms with Crippen LogP contribution in [0.5, 0.6) is 0 Å². The molecule has 17 heavy (non-hydrogen) atoms. The Hall–Kier alpha value is -0.280. The highest BCUT2D eigenvalue weighted by molar-refractivity contribution is 6.30. The molecule has 0 atom stereocenters. The number of rotatable bonds is 4. The van der Waals surface area contributed by atoms with E-state index in [0.717, 1.165) is 50.2 Å². The van der Waals surface area contributed by atoms with Gasteiger partial charge in [0.2, 0.25) is 0 Å². The average Bonchev–Trinajstić information content (AvgIpc) is 2.32. The maximum absolute atomic E-state index is 5.99. The molecule has 0 N–H and O–H groups in total. The normalized spacial score (nSPS) is 18.5. The van der Waals surface area contributed by atoms with Gasteiger partial charge in [-0.1, -0.05) is 23.7 Å². The summed E-state index contributed by atoms with van der Waals surface area (Å²) in [7, 11) is 0.